The maximum Gasteiger partial charge on any atom is 0.252 e. The van der Waals surface area contributed by atoms with Crippen molar-refractivity contribution in [1.29, 1.82) is 0 Å². The Bertz CT molecular complexity index is 1140. The maximum atomic E-state index is 13.5. The van der Waals surface area contributed by atoms with Gasteiger partial charge in [0.2, 0.25) is 23.6 Å². The number of likely N-dealkylation sites (N-methyl/N-ethyl adjacent to an activating group) is 1. The molecule has 6 N–H and O–H groups in total. The second-order valence-corrected chi connectivity index (χ2v) is 12.9. The fraction of sp³-hybridized carbons (Fsp3) is 0.686. The van der Waals surface area contributed by atoms with Crippen molar-refractivity contribution >= 4 is 29.5 Å². The average molecular weight is 664 g/mol. The molecule has 0 saturated carbocycles. The smallest absolute Gasteiger partial charge is 0.252 e. The van der Waals surface area contributed by atoms with Crippen molar-refractivity contribution in [2.24, 2.45) is 17.8 Å². The molecule has 0 aliphatic rings. The Hall–Kier alpha value is -3.67. The first-order valence-corrected chi connectivity index (χ1v) is 16.4. The molecule has 0 radical (unpaired) electrons. The van der Waals surface area contributed by atoms with Crippen LogP contribution in [0.2, 0.25) is 0 Å². The molecular weight excluding hydrogens is 602 g/mol. The van der Waals surface area contributed by atoms with Gasteiger partial charge in [0.1, 0.15) is 23.9 Å². The van der Waals surface area contributed by atoms with E-state index in [4.69, 9.17) is 4.74 Å². The standard InChI is InChI=1S/C34H57N5O7.CH4/c1-10-13-25(36-33(44)27(17-21(5)6)38-31(42)23-14-12-15-24(18-23)46-9)32(43)37-26(16-20(3)4)28(40)19-29(41)39-30(22(7)8)34(45)35-11-2;/h12,14-15,18,20-22,25-28,30,40H,10-11,13,16-17,19H2,1-9H3,(H,35,45)(H,36,44)(H,37,43)(H,38,42)(H,39,41);1H4/t25-,26-,27-,28-,30-;/m0./s1. The molecular formula is C35H61N5O7. The molecule has 12 heteroatoms. The molecule has 1 rings (SSSR count). The van der Waals surface area contributed by atoms with E-state index in [1.165, 1.54) is 7.11 Å². The lowest BCUT2D eigenvalue weighted by atomic mass is 9.95. The molecule has 47 heavy (non-hydrogen) atoms. The van der Waals surface area contributed by atoms with Gasteiger partial charge in [0, 0.05) is 12.1 Å². The highest BCUT2D eigenvalue weighted by Crippen LogP contribution is 2.15. The minimum Gasteiger partial charge on any atom is -0.497 e. The summed E-state index contributed by atoms with van der Waals surface area (Å²) in [6.07, 6.45) is 0.0753. The predicted molar refractivity (Wildman–Crippen MR) is 185 cm³/mol. The van der Waals surface area contributed by atoms with Gasteiger partial charge >= 0.3 is 0 Å². The Labute approximate surface area is 281 Å². The van der Waals surface area contributed by atoms with Gasteiger partial charge < -0.3 is 36.4 Å². The van der Waals surface area contributed by atoms with Crippen LogP contribution in [0, 0.1) is 17.8 Å². The fourth-order valence-corrected chi connectivity index (χ4v) is 5.03. The number of aliphatic hydroxyl groups excluding tert-OH is 1. The van der Waals surface area contributed by atoms with Gasteiger partial charge in [-0.15, -0.1) is 0 Å². The van der Waals surface area contributed by atoms with Crippen LogP contribution < -0.4 is 31.3 Å². The molecule has 0 spiro atoms. The average Bonchev–Trinajstić information content (AvgIpc) is 2.98. The van der Waals surface area contributed by atoms with Gasteiger partial charge in [-0.1, -0.05) is 68.4 Å². The van der Waals surface area contributed by atoms with E-state index in [0.717, 1.165) is 0 Å². The molecule has 5 amide bonds. The number of nitrogens with one attached hydrogen (secondary N) is 5. The zero-order valence-corrected chi connectivity index (χ0v) is 29.1. The number of ether oxygens (including phenoxy) is 1. The zero-order chi connectivity index (χ0) is 35.0. The molecule has 0 heterocycles. The van der Waals surface area contributed by atoms with Crippen LogP contribution in [0.15, 0.2) is 24.3 Å². The van der Waals surface area contributed by atoms with Crippen molar-refractivity contribution in [2.45, 2.75) is 125 Å². The topological polar surface area (TPSA) is 175 Å². The summed E-state index contributed by atoms with van der Waals surface area (Å²) in [5.41, 5.74) is 0.337. The largest absolute Gasteiger partial charge is 0.497 e. The summed E-state index contributed by atoms with van der Waals surface area (Å²) in [6, 6.07) is 3.23. The lowest BCUT2D eigenvalue weighted by molar-refractivity contribution is -0.132. The predicted octanol–water partition coefficient (Wildman–Crippen LogP) is 3.32. The van der Waals surface area contributed by atoms with E-state index in [-0.39, 0.29) is 37.5 Å². The Balaban J connectivity index is 0.0000212. The minimum absolute atomic E-state index is 0. The van der Waals surface area contributed by atoms with Crippen LogP contribution >= 0.6 is 0 Å². The molecule has 0 fully saturated rings. The SMILES string of the molecule is C.CCC[C@H](NC(=O)[C@H](CC(C)C)NC(=O)c1cccc(OC)c1)C(=O)N[C@@H](CC(C)C)[C@@H](O)CC(=O)N[C@H](C(=O)NCC)C(C)C. The zero-order valence-electron chi connectivity index (χ0n) is 29.1. The maximum absolute atomic E-state index is 13.5. The lowest BCUT2D eigenvalue weighted by Crippen LogP contribution is -2.57. The molecule has 1 aromatic carbocycles. The summed E-state index contributed by atoms with van der Waals surface area (Å²) in [5, 5.41) is 24.9. The second-order valence-electron chi connectivity index (χ2n) is 12.9. The molecule has 0 saturated heterocycles. The van der Waals surface area contributed by atoms with E-state index < -0.39 is 53.9 Å². The molecule has 0 aromatic heterocycles. The van der Waals surface area contributed by atoms with Gasteiger partial charge in [-0.2, -0.15) is 0 Å². The van der Waals surface area contributed by atoms with Crippen LogP contribution in [0.4, 0.5) is 0 Å². The summed E-state index contributed by atoms with van der Waals surface area (Å²) in [4.78, 5) is 65.3. The first-order valence-electron chi connectivity index (χ1n) is 16.4. The summed E-state index contributed by atoms with van der Waals surface area (Å²) >= 11 is 0. The van der Waals surface area contributed by atoms with E-state index in [9.17, 15) is 29.1 Å². The molecule has 268 valence electrons. The van der Waals surface area contributed by atoms with Gasteiger partial charge in [-0.05, 0) is 62.1 Å². The Kier molecular flexibility index (Phi) is 20.3. The number of hydrogen-bond acceptors (Lipinski definition) is 7. The Morgan fingerprint density at radius 1 is 0.809 bits per heavy atom. The van der Waals surface area contributed by atoms with Crippen molar-refractivity contribution in [3.8, 4) is 5.75 Å². The van der Waals surface area contributed by atoms with E-state index in [2.05, 4.69) is 26.6 Å². The Morgan fingerprint density at radius 3 is 1.96 bits per heavy atom. The van der Waals surface area contributed by atoms with Crippen LogP contribution in [0.1, 0.15) is 105 Å². The highest BCUT2D eigenvalue weighted by Gasteiger charge is 2.32. The number of aliphatic hydroxyl groups is 1. The van der Waals surface area contributed by atoms with Crippen molar-refractivity contribution in [3.63, 3.8) is 0 Å². The van der Waals surface area contributed by atoms with Crippen LogP contribution in [0.25, 0.3) is 0 Å². The Morgan fingerprint density at radius 2 is 1.43 bits per heavy atom. The number of benzene rings is 1. The van der Waals surface area contributed by atoms with Crippen molar-refractivity contribution in [2.75, 3.05) is 13.7 Å². The third-order valence-corrected chi connectivity index (χ3v) is 7.40. The minimum atomic E-state index is -1.23. The summed E-state index contributed by atoms with van der Waals surface area (Å²) in [7, 11) is 1.50. The van der Waals surface area contributed by atoms with Crippen LogP contribution in [0.3, 0.4) is 0 Å². The number of carbonyl (C=O) groups is 5. The molecule has 0 aliphatic carbocycles. The summed E-state index contributed by atoms with van der Waals surface area (Å²) in [6.45, 7) is 15.5. The van der Waals surface area contributed by atoms with Crippen molar-refractivity contribution in [3.05, 3.63) is 29.8 Å². The normalized spacial score (nSPS) is 14.2. The van der Waals surface area contributed by atoms with Gasteiger partial charge in [-0.25, -0.2) is 0 Å². The van der Waals surface area contributed by atoms with Crippen LogP contribution in [0.5, 0.6) is 5.75 Å². The molecule has 5 atom stereocenters. The molecule has 0 bridgehead atoms. The van der Waals surface area contributed by atoms with Gasteiger partial charge in [0.15, 0.2) is 0 Å². The number of rotatable bonds is 20. The van der Waals surface area contributed by atoms with Gasteiger partial charge in [0.25, 0.3) is 5.91 Å². The van der Waals surface area contributed by atoms with E-state index in [1.54, 1.807) is 31.2 Å². The number of carbonyl (C=O) groups excluding carboxylic acids is 5. The number of methoxy groups -OCH3 is 1. The van der Waals surface area contributed by atoms with E-state index in [0.29, 0.717) is 43.5 Å². The highest BCUT2D eigenvalue weighted by atomic mass is 16.5. The van der Waals surface area contributed by atoms with Gasteiger partial charge in [0.05, 0.1) is 25.7 Å². The quantitative estimate of drug-likeness (QED) is 0.124. The first-order chi connectivity index (χ1) is 21.6. The molecule has 0 aliphatic heterocycles. The lowest BCUT2D eigenvalue weighted by Gasteiger charge is -2.29. The van der Waals surface area contributed by atoms with Crippen molar-refractivity contribution < 1.29 is 33.8 Å². The fourth-order valence-electron chi connectivity index (χ4n) is 5.03. The second kappa shape index (κ2) is 22.0. The third kappa shape index (κ3) is 15.6. The third-order valence-electron chi connectivity index (χ3n) is 7.40. The van der Waals surface area contributed by atoms with Gasteiger partial charge in [-0.3, -0.25) is 24.0 Å². The summed E-state index contributed by atoms with van der Waals surface area (Å²) in [5.74, 6) is -1.77. The monoisotopic (exact) mass is 663 g/mol. The van der Waals surface area contributed by atoms with Crippen LogP contribution in [-0.2, 0) is 19.2 Å². The highest BCUT2D eigenvalue weighted by molar-refractivity contribution is 5.98. The number of hydrogen-bond donors (Lipinski definition) is 6. The van der Waals surface area contributed by atoms with Crippen molar-refractivity contribution in [1.82, 2.24) is 26.6 Å². The number of amides is 5. The molecule has 0 unspecified atom stereocenters. The summed E-state index contributed by atoms with van der Waals surface area (Å²) < 4.78 is 5.21. The van der Waals surface area contributed by atoms with E-state index >= 15 is 0 Å². The van der Waals surface area contributed by atoms with Crippen LogP contribution in [-0.4, -0.2) is 78.6 Å². The molecule has 1 aromatic rings. The first kappa shape index (κ1) is 43.3. The van der Waals surface area contributed by atoms with E-state index in [1.807, 2.05) is 48.5 Å². The molecule has 12 nitrogen and oxygen atoms in total.